The molecule has 0 aliphatic rings. The minimum absolute atomic E-state index is 0.0746. The van der Waals surface area contributed by atoms with Crippen LogP contribution in [-0.4, -0.2) is 5.91 Å². The van der Waals surface area contributed by atoms with E-state index in [2.05, 4.69) is 5.32 Å². The zero-order valence-electron chi connectivity index (χ0n) is 9.95. The number of benzene rings is 2. The summed E-state index contributed by atoms with van der Waals surface area (Å²) in [6.07, 6.45) is 0. The minimum Gasteiger partial charge on any atom is -0.319 e. The maximum Gasteiger partial charge on any atom is 0.255 e. The van der Waals surface area contributed by atoms with Crippen molar-refractivity contribution in [1.29, 1.82) is 5.26 Å². The van der Waals surface area contributed by atoms with E-state index >= 15 is 0 Å². The number of hydrogen-bond acceptors (Lipinski definition) is 2. The van der Waals surface area contributed by atoms with Gasteiger partial charge in [-0.15, -0.1) is 0 Å². The Morgan fingerprint density at radius 3 is 2.50 bits per heavy atom. The van der Waals surface area contributed by atoms with Crippen LogP contribution in [0.2, 0.25) is 5.02 Å². The Balaban J connectivity index is 2.23. The molecule has 2 aromatic carbocycles. The van der Waals surface area contributed by atoms with Crippen LogP contribution in [0.5, 0.6) is 0 Å². The third-order valence-electron chi connectivity index (χ3n) is 2.53. The molecule has 2 rings (SSSR count). The number of nitrogens with one attached hydrogen (secondary N) is 1. The van der Waals surface area contributed by atoms with E-state index in [-0.39, 0.29) is 21.8 Å². The molecule has 0 unspecified atom stereocenters. The van der Waals surface area contributed by atoms with Crippen LogP contribution in [0.25, 0.3) is 0 Å². The quantitative estimate of drug-likeness (QED) is 0.916. The lowest BCUT2D eigenvalue weighted by Crippen LogP contribution is -2.13. The van der Waals surface area contributed by atoms with Crippen LogP contribution in [0, 0.1) is 23.0 Å². The maximum absolute atomic E-state index is 13.6. The second-order valence-electron chi connectivity index (χ2n) is 3.89. The molecule has 6 heteroatoms. The number of nitrogens with zero attached hydrogens (tertiary/aromatic N) is 1. The van der Waals surface area contributed by atoms with Crippen molar-refractivity contribution in [2.45, 2.75) is 0 Å². The maximum atomic E-state index is 13.6. The highest BCUT2D eigenvalue weighted by molar-refractivity contribution is 6.31. The molecule has 0 aliphatic carbocycles. The van der Waals surface area contributed by atoms with Crippen LogP contribution in [0.3, 0.4) is 0 Å². The Bertz CT molecular complexity index is 726. The first-order chi connectivity index (χ1) is 9.51. The van der Waals surface area contributed by atoms with E-state index in [0.717, 1.165) is 18.2 Å². The lowest BCUT2D eigenvalue weighted by molar-refractivity contribution is 0.102. The number of anilines is 1. The standard InChI is InChI=1S/C14H7ClF2N2O/c15-10-6-9(2-3-11(10)16)14(20)19-13-4-1-8(7-18)5-12(13)17/h1-6H,(H,19,20). The average molecular weight is 293 g/mol. The Morgan fingerprint density at radius 1 is 1.15 bits per heavy atom. The molecule has 1 N–H and O–H groups in total. The number of nitriles is 1. The fourth-order valence-corrected chi connectivity index (χ4v) is 1.70. The normalized spacial score (nSPS) is 9.90. The summed E-state index contributed by atoms with van der Waals surface area (Å²) >= 11 is 5.57. The molecule has 0 aliphatic heterocycles. The second kappa shape index (κ2) is 5.68. The van der Waals surface area contributed by atoms with Gasteiger partial charge in [-0.1, -0.05) is 11.6 Å². The summed E-state index contributed by atoms with van der Waals surface area (Å²) in [5.74, 6) is -2.01. The van der Waals surface area contributed by atoms with Gasteiger partial charge in [-0.25, -0.2) is 8.78 Å². The molecule has 20 heavy (non-hydrogen) atoms. The zero-order chi connectivity index (χ0) is 14.7. The van der Waals surface area contributed by atoms with Gasteiger partial charge in [0.25, 0.3) is 5.91 Å². The van der Waals surface area contributed by atoms with E-state index in [0.29, 0.717) is 0 Å². The average Bonchev–Trinajstić information content (AvgIpc) is 2.43. The topological polar surface area (TPSA) is 52.9 Å². The molecule has 0 bridgehead atoms. The first-order valence-electron chi connectivity index (χ1n) is 5.47. The van der Waals surface area contributed by atoms with Crippen molar-refractivity contribution in [1.82, 2.24) is 0 Å². The van der Waals surface area contributed by atoms with E-state index in [1.807, 2.05) is 0 Å². The summed E-state index contributed by atoms with van der Waals surface area (Å²) in [5, 5.41) is 10.7. The number of rotatable bonds is 2. The first kappa shape index (κ1) is 14.0. The number of halogens is 3. The Labute approximate surface area is 118 Å². The van der Waals surface area contributed by atoms with Crippen LogP contribution < -0.4 is 5.32 Å². The van der Waals surface area contributed by atoms with Crippen LogP contribution in [-0.2, 0) is 0 Å². The van der Waals surface area contributed by atoms with Crippen LogP contribution >= 0.6 is 11.6 Å². The molecule has 1 amide bonds. The summed E-state index contributed by atoms with van der Waals surface area (Å²) in [6, 6.07) is 8.86. The Kier molecular flexibility index (Phi) is 3.97. The second-order valence-corrected chi connectivity index (χ2v) is 4.30. The molecular weight excluding hydrogens is 286 g/mol. The highest BCUT2D eigenvalue weighted by Crippen LogP contribution is 2.19. The van der Waals surface area contributed by atoms with Crippen molar-refractivity contribution in [3.8, 4) is 6.07 Å². The zero-order valence-corrected chi connectivity index (χ0v) is 10.7. The van der Waals surface area contributed by atoms with Crippen LogP contribution in [0.15, 0.2) is 36.4 Å². The summed E-state index contributed by atoms with van der Waals surface area (Å²) in [7, 11) is 0. The van der Waals surface area contributed by atoms with Gasteiger partial charge in [-0.3, -0.25) is 4.79 Å². The Morgan fingerprint density at radius 2 is 1.90 bits per heavy atom. The molecule has 0 heterocycles. The van der Waals surface area contributed by atoms with E-state index in [4.69, 9.17) is 16.9 Å². The van der Waals surface area contributed by atoms with Crippen molar-refractivity contribution in [3.63, 3.8) is 0 Å². The van der Waals surface area contributed by atoms with Crippen molar-refractivity contribution in [2.24, 2.45) is 0 Å². The number of amides is 1. The van der Waals surface area contributed by atoms with E-state index in [1.165, 1.54) is 18.2 Å². The molecule has 0 fully saturated rings. The highest BCUT2D eigenvalue weighted by atomic mass is 35.5. The predicted molar refractivity (Wildman–Crippen MR) is 70.5 cm³/mol. The number of hydrogen-bond donors (Lipinski definition) is 1. The molecule has 0 aromatic heterocycles. The number of carbonyl (C=O) groups excluding carboxylic acids is 1. The third-order valence-corrected chi connectivity index (χ3v) is 2.82. The molecule has 3 nitrogen and oxygen atoms in total. The highest BCUT2D eigenvalue weighted by Gasteiger charge is 2.11. The van der Waals surface area contributed by atoms with Crippen molar-refractivity contribution in [2.75, 3.05) is 5.32 Å². The monoisotopic (exact) mass is 292 g/mol. The molecule has 0 spiro atoms. The van der Waals surface area contributed by atoms with Gasteiger partial charge in [0.15, 0.2) is 0 Å². The number of carbonyl (C=O) groups is 1. The van der Waals surface area contributed by atoms with Gasteiger partial charge < -0.3 is 5.32 Å². The van der Waals surface area contributed by atoms with Gasteiger partial charge in [-0.05, 0) is 36.4 Å². The van der Waals surface area contributed by atoms with Crippen molar-refractivity contribution >= 4 is 23.2 Å². The van der Waals surface area contributed by atoms with Crippen LogP contribution in [0.1, 0.15) is 15.9 Å². The largest absolute Gasteiger partial charge is 0.319 e. The molecule has 2 aromatic rings. The molecule has 0 saturated heterocycles. The van der Waals surface area contributed by atoms with Crippen molar-refractivity contribution < 1.29 is 13.6 Å². The lowest BCUT2D eigenvalue weighted by Gasteiger charge is -2.07. The Hall–Kier alpha value is -2.45. The van der Waals surface area contributed by atoms with Gasteiger partial charge >= 0.3 is 0 Å². The van der Waals surface area contributed by atoms with Gasteiger partial charge in [-0.2, -0.15) is 5.26 Å². The first-order valence-corrected chi connectivity index (χ1v) is 5.85. The van der Waals surface area contributed by atoms with Crippen LogP contribution in [0.4, 0.5) is 14.5 Å². The SMILES string of the molecule is N#Cc1ccc(NC(=O)c2ccc(F)c(Cl)c2)c(F)c1. The summed E-state index contributed by atoms with van der Waals surface area (Å²) in [5.41, 5.74) is 0.167. The molecule has 0 saturated carbocycles. The summed E-state index contributed by atoms with van der Waals surface area (Å²) in [6.45, 7) is 0. The van der Waals surface area contributed by atoms with Gasteiger partial charge in [0.2, 0.25) is 0 Å². The van der Waals surface area contributed by atoms with Gasteiger partial charge in [0.05, 0.1) is 22.3 Å². The molecule has 0 atom stereocenters. The third kappa shape index (κ3) is 2.92. The predicted octanol–water partition coefficient (Wildman–Crippen LogP) is 3.74. The van der Waals surface area contributed by atoms with Gasteiger partial charge in [0.1, 0.15) is 11.6 Å². The van der Waals surface area contributed by atoms with E-state index in [9.17, 15) is 13.6 Å². The van der Waals surface area contributed by atoms with Crippen molar-refractivity contribution in [3.05, 3.63) is 64.2 Å². The lowest BCUT2D eigenvalue weighted by atomic mass is 10.2. The fourth-order valence-electron chi connectivity index (χ4n) is 1.52. The van der Waals surface area contributed by atoms with E-state index < -0.39 is 17.5 Å². The molecular formula is C14H7ClF2N2O. The molecule has 0 radical (unpaired) electrons. The molecule has 100 valence electrons. The fraction of sp³-hybridized carbons (Fsp3) is 0. The minimum atomic E-state index is -0.731. The van der Waals surface area contributed by atoms with E-state index in [1.54, 1.807) is 6.07 Å². The summed E-state index contributed by atoms with van der Waals surface area (Å²) in [4.78, 5) is 11.9. The smallest absolute Gasteiger partial charge is 0.255 e. The summed E-state index contributed by atoms with van der Waals surface area (Å²) < 4.78 is 26.6. The van der Waals surface area contributed by atoms with Gasteiger partial charge in [0, 0.05) is 5.56 Å².